The topological polar surface area (TPSA) is 52.6 Å². The first kappa shape index (κ1) is 17.6. The summed E-state index contributed by atoms with van der Waals surface area (Å²) in [5.74, 6) is 0. The summed E-state index contributed by atoms with van der Waals surface area (Å²) >= 11 is 0. The first-order valence-corrected chi connectivity index (χ1v) is 5.86. The molecule has 0 aliphatic rings. The lowest BCUT2D eigenvalue weighted by Gasteiger charge is -1.94. The molecule has 0 saturated heterocycles. The van der Waals surface area contributed by atoms with Crippen molar-refractivity contribution in [3.63, 3.8) is 0 Å². The monoisotopic (exact) mass is 232 g/mol. The molecule has 0 aromatic heterocycles. The van der Waals surface area contributed by atoms with Crippen molar-refractivity contribution in [2.24, 2.45) is 0 Å². The van der Waals surface area contributed by atoms with Crippen molar-refractivity contribution in [2.75, 3.05) is 26.4 Å². The fourth-order valence-corrected chi connectivity index (χ4v) is 0.826. The summed E-state index contributed by atoms with van der Waals surface area (Å²) in [4.78, 5) is 19.4. The van der Waals surface area contributed by atoms with Gasteiger partial charge in [-0.05, 0) is 26.7 Å². The molecular formula is C12H24O4. The van der Waals surface area contributed by atoms with Crippen LogP contribution in [0.5, 0.6) is 0 Å². The largest absolute Gasteiger partial charge is 0.382 e. The van der Waals surface area contributed by atoms with E-state index in [4.69, 9.17) is 9.47 Å². The summed E-state index contributed by atoms with van der Waals surface area (Å²) in [6.45, 7) is 6.82. The highest BCUT2D eigenvalue weighted by atomic mass is 16.5. The Labute approximate surface area is 98.3 Å². The molecule has 0 spiro atoms. The van der Waals surface area contributed by atoms with Crippen molar-refractivity contribution in [1.82, 2.24) is 0 Å². The van der Waals surface area contributed by atoms with E-state index in [-0.39, 0.29) is 0 Å². The molecule has 0 N–H and O–H groups in total. The van der Waals surface area contributed by atoms with Crippen molar-refractivity contribution < 1.29 is 19.1 Å². The number of unbranched alkanes of at least 4 members (excludes halogenated alkanes) is 2. The smallest absolute Gasteiger partial charge is 0.120 e. The Kier molecular flexibility index (Phi) is 21.8. The van der Waals surface area contributed by atoms with Gasteiger partial charge in [0, 0.05) is 39.3 Å². The second-order valence-corrected chi connectivity index (χ2v) is 3.01. The van der Waals surface area contributed by atoms with Crippen LogP contribution >= 0.6 is 0 Å². The molecule has 0 heterocycles. The van der Waals surface area contributed by atoms with E-state index in [9.17, 15) is 9.59 Å². The Morgan fingerprint density at radius 2 is 1.19 bits per heavy atom. The van der Waals surface area contributed by atoms with Crippen LogP contribution in [-0.4, -0.2) is 39.0 Å². The van der Waals surface area contributed by atoms with Crippen LogP contribution in [0.1, 0.15) is 39.5 Å². The van der Waals surface area contributed by atoms with Gasteiger partial charge in [-0.25, -0.2) is 0 Å². The van der Waals surface area contributed by atoms with Gasteiger partial charge >= 0.3 is 0 Å². The number of hydrogen-bond acceptors (Lipinski definition) is 4. The molecule has 0 bridgehead atoms. The standard InChI is InChI=1S/2C6H12O2/c2*1-2-8-6-4-3-5-7/h2*5H,2-4,6H2,1H3. The van der Waals surface area contributed by atoms with E-state index >= 15 is 0 Å². The van der Waals surface area contributed by atoms with E-state index in [1.165, 1.54) is 0 Å². The Bertz CT molecular complexity index is 121. The maximum Gasteiger partial charge on any atom is 0.120 e. The van der Waals surface area contributed by atoms with Crippen LogP contribution in [-0.2, 0) is 19.1 Å². The summed E-state index contributed by atoms with van der Waals surface area (Å²) in [5.41, 5.74) is 0. The van der Waals surface area contributed by atoms with Crippen LogP contribution in [0.25, 0.3) is 0 Å². The van der Waals surface area contributed by atoms with Crippen molar-refractivity contribution in [1.29, 1.82) is 0 Å². The fraction of sp³-hybridized carbons (Fsp3) is 0.833. The van der Waals surface area contributed by atoms with E-state index in [1.54, 1.807) is 0 Å². The van der Waals surface area contributed by atoms with Crippen LogP contribution in [0.4, 0.5) is 0 Å². The molecule has 0 aliphatic carbocycles. The van der Waals surface area contributed by atoms with Crippen molar-refractivity contribution in [3.05, 3.63) is 0 Å². The molecule has 0 atom stereocenters. The first-order chi connectivity index (χ1) is 7.83. The predicted octanol–water partition coefficient (Wildman–Crippen LogP) is 2.00. The van der Waals surface area contributed by atoms with E-state index < -0.39 is 0 Å². The third-order valence-electron chi connectivity index (χ3n) is 1.63. The molecule has 4 heteroatoms. The van der Waals surface area contributed by atoms with Gasteiger partial charge in [0.05, 0.1) is 0 Å². The van der Waals surface area contributed by atoms with Gasteiger partial charge in [-0.1, -0.05) is 0 Å². The quantitative estimate of drug-likeness (QED) is 0.427. The molecule has 0 fully saturated rings. The maximum atomic E-state index is 9.71. The second kappa shape index (κ2) is 19.8. The van der Waals surface area contributed by atoms with Crippen molar-refractivity contribution >= 4 is 12.6 Å². The van der Waals surface area contributed by atoms with Gasteiger partial charge in [0.2, 0.25) is 0 Å². The van der Waals surface area contributed by atoms with E-state index in [1.807, 2.05) is 13.8 Å². The molecule has 0 rings (SSSR count). The van der Waals surface area contributed by atoms with Gasteiger partial charge in [-0.2, -0.15) is 0 Å². The lowest BCUT2D eigenvalue weighted by atomic mass is 10.3. The molecule has 0 aromatic rings. The Balaban J connectivity index is 0. The van der Waals surface area contributed by atoms with Gasteiger partial charge in [0.1, 0.15) is 12.6 Å². The van der Waals surface area contributed by atoms with Crippen molar-refractivity contribution in [2.45, 2.75) is 39.5 Å². The van der Waals surface area contributed by atoms with Gasteiger partial charge in [0.25, 0.3) is 0 Å². The molecule has 0 aromatic carbocycles. The molecule has 0 aliphatic heterocycles. The average Bonchev–Trinajstić information content (AvgIpc) is 2.31. The van der Waals surface area contributed by atoms with Gasteiger partial charge in [-0.15, -0.1) is 0 Å². The van der Waals surface area contributed by atoms with E-state index in [2.05, 4.69) is 0 Å². The van der Waals surface area contributed by atoms with Crippen LogP contribution in [0.15, 0.2) is 0 Å². The molecule has 0 saturated carbocycles. The Morgan fingerprint density at radius 3 is 1.44 bits per heavy atom. The third-order valence-corrected chi connectivity index (χ3v) is 1.63. The summed E-state index contributed by atoms with van der Waals surface area (Å²) in [7, 11) is 0. The second-order valence-electron chi connectivity index (χ2n) is 3.01. The summed E-state index contributed by atoms with van der Waals surface area (Å²) in [6, 6.07) is 0. The van der Waals surface area contributed by atoms with Gasteiger partial charge in [-0.3, -0.25) is 0 Å². The highest BCUT2D eigenvalue weighted by Gasteiger charge is 1.83. The maximum absolute atomic E-state index is 9.71. The SMILES string of the molecule is CCOCCCC=O.CCOCCCC=O. The highest BCUT2D eigenvalue weighted by molar-refractivity contribution is 5.49. The summed E-state index contributed by atoms with van der Waals surface area (Å²) in [5, 5.41) is 0. The summed E-state index contributed by atoms with van der Waals surface area (Å²) in [6.07, 6.45) is 4.80. The molecule has 0 radical (unpaired) electrons. The predicted molar refractivity (Wildman–Crippen MR) is 63.6 cm³/mol. The van der Waals surface area contributed by atoms with Crippen LogP contribution < -0.4 is 0 Å². The molecule has 16 heavy (non-hydrogen) atoms. The zero-order valence-electron chi connectivity index (χ0n) is 10.4. The lowest BCUT2D eigenvalue weighted by molar-refractivity contribution is -0.108. The van der Waals surface area contributed by atoms with E-state index in [0.29, 0.717) is 12.8 Å². The Morgan fingerprint density at radius 1 is 0.812 bits per heavy atom. The first-order valence-electron chi connectivity index (χ1n) is 5.86. The molecule has 4 nitrogen and oxygen atoms in total. The Hall–Kier alpha value is -0.740. The van der Waals surface area contributed by atoms with Crippen molar-refractivity contribution in [3.8, 4) is 0 Å². The lowest BCUT2D eigenvalue weighted by Crippen LogP contribution is -1.92. The highest BCUT2D eigenvalue weighted by Crippen LogP contribution is 1.85. The number of aldehydes is 2. The number of carbonyl (C=O) groups excluding carboxylic acids is 2. The number of ether oxygens (including phenoxy) is 2. The van der Waals surface area contributed by atoms with Crippen LogP contribution in [0, 0.1) is 0 Å². The molecule has 0 unspecified atom stereocenters. The fourth-order valence-electron chi connectivity index (χ4n) is 0.826. The van der Waals surface area contributed by atoms with Crippen LogP contribution in [0.3, 0.4) is 0 Å². The molecule has 96 valence electrons. The summed E-state index contributed by atoms with van der Waals surface area (Å²) < 4.78 is 9.95. The third kappa shape index (κ3) is 23.2. The molecule has 0 amide bonds. The number of carbonyl (C=O) groups is 2. The van der Waals surface area contributed by atoms with Crippen LogP contribution in [0.2, 0.25) is 0 Å². The normalized spacial score (nSPS) is 9.12. The zero-order valence-corrected chi connectivity index (χ0v) is 10.4. The minimum atomic E-state index is 0.625. The zero-order chi connectivity index (χ0) is 12.5. The minimum absolute atomic E-state index is 0.625. The van der Waals surface area contributed by atoms with Gasteiger partial charge < -0.3 is 19.1 Å². The number of hydrogen-bond donors (Lipinski definition) is 0. The number of rotatable bonds is 10. The van der Waals surface area contributed by atoms with Gasteiger partial charge in [0.15, 0.2) is 0 Å². The average molecular weight is 232 g/mol. The minimum Gasteiger partial charge on any atom is -0.382 e. The molecular weight excluding hydrogens is 208 g/mol. The van der Waals surface area contributed by atoms with E-state index in [0.717, 1.165) is 51.8 Å².